The van der Waals surface area contributed by atoms with Crippen LogP contribution in [0, 0.1) is 12.7 Å². The molecule has 0 saturated carbocycles. The van der Waals surface area contributed by atoms with E-state index in [1.807, 2.05) is 0 Å². The fourth-order valence-corrected chi connectivity index (χ4v) is 4.39. The molecule has 2 aromatic rings. The number of carbonyl (C=O) groups excluding carboxylic acids is 1. The Morgan fingerprint density at radius 3 is 2.77 bits per heavy atom. The van der Waals surface area contributed by atoms with Crippen LogP contribution in [0.25, 0.3) is 0 Å². The van der Waals surface area contributed by atoms with Gasteiger partial charge in [0.25, 0.3) is 5.91 Å². The smallest absolute Gasteiger partial charge is 0.251 e. The summed E-state index contributed by atoms with van der Waals surface area (Å²) in [6.45, 7) is 5.36. The number of methoxy groups -OCH3 is 1. The minimum Gasteiger partial charge on any atom is -0.385 e. The Morgan fingerprint density at radius 2 is 2.12 bits per heavy atom. The third-order valence-corrected chi connectivity index (χ3v) is 6.05. The predicted octanol–water partition coefficient (Wildman–Crippen LogP) is 3.61. The summed E-state index contributed by atoms with van der Waals surface area (Å²) in [5, 5.41) is 5.33. The molecule has 0 radical (unpaired) electrons. The van der Waals surface area contributed by atoms with Crippen molar-refractivity contribution in [3.63, 3.8) is 0 Å². The topological polar surface area (TPSA) is 41.6 Å². The van der Waals surface area contributed by atoms with Crippen LogP contribution in [-0.4, -0.2) is 43.2 Å². The van der Waals surface area contributed by atoms with Crippen LogP contribution in [0.15, 0.2) is 35.7 Å². The predicted molar refractivity (Wildman–Crippen MR) is 102 cm³/mol. The van der Waals surface area contributed by atoms with Gasteiger partial charge in [-0.15, -0.1) is 11.3 Å². The highest BCUT2D eigenvalue weighted by atomic mass is 32.1. The van der Waals surface area contributed by atoms with E-state index < -0.39 is 0 Å². The second-order valence-electron chi connectivity index (χ2n) is 6.97. The number of rotatable bonds is 7. The Hall–Kier alpha value is -1.76. The number of thiophene rings is 1. The molecule has 6 heteroatoms. The minimum atomic E-state index is -0.339. The highest BCUT2D eigenvalue weighted by molar-refractivity contribution is 7.10. The molecule has 3 rings (SSSR count). The van der Waals surface area contributed by atoms with E-state index in [1.54, 1.807) is 18.4 Å². The molecular formula is C20H25FN2O2S. The maximum atomic E-state index is 13.1. The van der Waals surface area contributed by atoms with Gasteiger partial charge in [0.05, 0.1) is 5.54 Å². The Labute approximate surface area is 158 Å². The number of nitrogens with zero attached hydrogens (tertiary/aromatic N) is 1. The molecule has 26 heavy (non-hydrogen) atoms. The first kappa shape index (κ1) is 19.0. The molecule has 0 aliphatic carbocycles. The lowest BCUT2D eigenvalue weighted by atomic mass is 9.94. The lowest BCUT2D eigenvalue weighted by Gasteiger charge is -2.31. The van der Waals surface area contributed by atoms with E-state index in [1.165, 1.54) is 34.7 Å². The molecule has 0 spiro atoms. The molecule has 1 N–H and O–H groups in total. The number of likely N-dealkylation sites (tertiary alicyclic amines) is 1. The van der Waals surface area contributed by atoms with Crippen LogP contribution >= 0.6 is 11.3 Å². The zero-order valence-electron chi connectivity index (χ0n) is 15.3. The summed E-state index contributed by atoms with van der Waals surface area (Å²) in [6.07, 6.45) is 1.64. The van der Waals surface area contributed by atoms with Gasteiger partial charge in [-0.25, -0.2) is 4.39 Å². The van der Waals surface area contributed by atoms with Crippen molar-refractivity contribution >= 4 is 17.2 Å². The van der Waals surface area contributed by atoms with E-state index in [9.17, 15) is 9.18 Å². The van der Waals surface area contributed by atoms with Crippen LogP contribution in [-0.2, 0) is 11.3 Å². The van der Waals surface area contributed by atoms with Crippen molar-refractivity contribution in [2.24, 2.45) is 0 Å². The number of hydrogen-bond donors (Lipinski definition) is 1. The van der Waals surface area contributed by atoms with Gasteiger partial charge in [-0.05, 0) is 61.0 Å². The van der Waals surface area contributed by atoms with Crippen LogP contribution < -0.4 is 5.32 Å². The summed E-state index contributed by atoms with van der Waals surface area (Å²) >= 11 is 1.78. The number of benzene rings is 1. The van der Waals surface area contributed by atoms with E-state index in [0.717, 1.165) is 32.5 Å². The van der Waals surface area contributed by atoms with Crippen molar-refractivity contribution in [3.8, 4) is 0 Å². The highest BCUT2D eigenvalue weighted by Crippen LogP contribution is 2.28. The third kappa shape index (κ3) is 4.50. The second kappa shape index (κ2) is 8.29. The first-order valence-electron chi connectivity index (χ1n) is 8.84. The molecule has 2 heterocycles. The molecule has 1 aliphatic rings. The van der Waals surface area contributed by atoms with E-state index >= 15 is 0 Å². The first-order valence-corrected chi connectivity index (χ1v) is 9.72. The summed E-state index contributed by atoms with van der Waals surface area (Å²) in [5.74, 6) is -0.496. The molecule has 1 amide bonds. The normalized spacial score (nSPS) is 20.4. The number of amides is 1. The Morgan fingerprint density at radius 1 is 1.35 bits per heavy atom. The minimum absolute atomic E-state index is 0.157. The van der Waals surface area contributed by atoms with Gasteiger partial charge in [-0.2, -0.15) is 0 Å². The number of ether oxygens (including phenoxy) is 1. The average molecular weight is 376 g/mol. The monoisotopic (exact) mass is 376 g/mol. The van der Waals surface area contributed by atoms with E-state index in [4.69, 9.17) is 4.74 Å². The van der Waals surface area contributed by atoms with E-state index in [-0.39, 0.29) is 17.3 Å². The van der Waals surface area contributed by atoms with Crippen LogP contribution in [0.1, 0.15) is 33.6 Å². The van der Waals surface area contributed by atoms with E-state index in [2.05, 4.69) is 28.6 Å². The summed E-state index contributed by atoms with van der Waals surface area (Å²) in [4.78, 5) is 16.4. The molecule has 1 aliphatic heterocycles. The van der Waals surface area contributed by atoms with Gasteiger partial charge in [0, 0.05) is 43.8 Å². The third-order valence-electron chi connectivity index (χ3n) is 5.04. The van der Waals surface area contributed by atoms with Gasteiger partial charge in [-0.3, -0.25) is 9.69 Å². The van der Waals surface area contributed by atoms with Crippen LogP contribution in [0.4, 0.5) is 4.39 Å². The Balaban J connectivity index is 1.69. The lowest BCUT2D eigenvalue weighted by Crippen LogP contribution is -2.51. The molecular weight excluding hydrogens is 351 g/mol. The number of carbonyl (C=O) groups is 1. The van der Waals surface area contributed by atoms with Crippen LogP contribution in [0.5, 0.6) is 0 Å². The fourth-order valence-electron chi connectivity index (χ4n) is 3.44. The van der Waals surface area contributed by atoms with Gasteiger partial charge in [0.2, 0.25) is 0 Å². The van der Waals surface area contributed by atoms with Crippen molar-refractivity contribution in [1.29, 1.82) is 0 Å². The molecule has 1 aromatic carbocycles. The van der Waals surface area contributed by atoms with Gasteiger partial charge in [0.1, 0.15) is 5.82 Å². The maximum absolute atomic E-state index is 13.1. The van der Waals surface area contributed by atoms with Crippen molar-refractivity contribution in [2.45, 2.75) is 31.8 Å². The summed E-state index contributed by atoms with van der Waals surface area (Å²) in [6, 6.07) is 7.83. The standard InChI is InChI=1S/C20H25FN2O2S/c1-15-7-12-26-18(15)13-23-10-8-20(14-23,9-11-25-2)22-19(24)16-3-5-17(21)6-4-16/h3-7,12H,8-11,13-14H2,1-2H3,(H,22,24). The molecule has 1 fully saturated rings. The second-order valence-corrected chi connectivity index (χ2v) is 7.97. The highest BCUT2D eigenvalue weighted by Gasteiger charge is 2.39. The van der Waals surface area contributed by atoms with Gasteiger partial charge >= 0.3 is 0 Å². The van der Waals surface area contributed by atoms with Crippen LogP contribution in [0.2, 0.25) is 0 Å². The molecule has 1 unspecified atom stereocenters. The van der Waals surface area contributed by atoms with Gasteiger partial charge in [-0.1, -0.05) is 0 Å². The molecule has 4 nitrogen and oxygen atoms in total. The average Bonchev–Trinajstić information content (AvgIpc) is 3.21. The van der Waals surface area contributed by atoms with Gasteiger partial charge in [0.15, 0.2) is 0 Å². The fraction of sp³-hybridized carbons (Fsp3) is 0.450. The zero-order chi connectivity index (χ0) is 18.6. The number of halogens is 1. The largest absolute Gasteiger partial charge is 0.385 e. The molecule has 1 atom stereocenters. The van der Waals surface area contributed by atoms with Crippen molar-refractivity contribution in [1.82, 2.24) is 10.2 Å². The summed E-state index contributed by atoms with van der Waals surface area (Å²) < 4.78 is 18.4. The Kier molecular flexibility index (Phi) is 6.06. The SMILES string of the molecule is COCCC1(NC(=O)c2ccc(F)cc2)CCN(Cc2sccc2C)C1. The van der Waals surface area contributed by atoms with E-state index in [0.29, 0.717) is 12.2 Å². The first-order chi connectivity index (χ1) is 12.5. The van der Waals surface area contributed by atoms with Crippen molar-refractivity contribution in [2.75, 3.05) is 26.8 Å². The molecule has 140 valence electrons. The Bertz CT molecular complexity index is 747. The zero-order valence-corrected chi connectivity index (χ0v) is 16.1. The molecule has 0 bridgehead atoms. The molecule has 1 saturated heterocycles. The summed E-state index contributed by atoms with van der Waals surface area (Å²) in [7, 11) is 1.68. The number of hydrogen-bond acceptors (Lipinski definition) is 4. The van der Waals surface area contributed by atoms with Crippen molar-refractivity contribution < 1.29 is 13.9 Å². The quantitative estimate of drug-likeness (QED) is 0.803. The molecule has 1 aromatic heterocycles. The van der Waals surface area contributed by atoms with Crippen LogP contribution in [0.3, 0.4) is 0 Å². The summed E-state index contributed by atoms with van der Waals surface area (Å²) in [5.41, 5.74) is 1.49. The number of nitrogens with one attached hydrogen (secondary N) is 1. The maximum Gasteiger partial charge on any atom is 0.251 e. The van der Waals surface area contributed by atoms with Crippen molar-refractivity contribution in [3.05, 3.63) is 57.5 Å². The van der Waals surface area contributed by atoms with Gasteiger partial charge < -0.3 is 10.1 Å². The lowest BCUT2D eigenvalue weighted by molar-refractivity contribution is 0.0864. The number of aryl methyl sites for hydroxylation is 1.